The molecule has 0 atom stereocenters. The summed E-state index contributed by atoms with van der Waals surface area (Å²) < 4.78 is 4.98. The average molecular weight is 426 g/mol. The van der Waals surface area contributed by atoms with Crippen molar-refractivity contribution >= 4 is 23.2 Å². The number of nitro benzene ring substituents is 1. The lowest BCUT2D eigenvalue weighted by Gasteiger charge is -2.35. The van der Waals surface area contributed by atoms with Gasteiger partial charge in [-0.3, -0.25) is 19.7 Å². The number of hydrogen-bond donors (Lipinski definition) is 2. The van der Waals surface area contributed by atoms with Gasteiger partial charge >= 0.3 is 0 Å². The summed E-state index contributed by atoms with van der Waals surface area (Å²) in [6.07, 6.45) is 1.47. The predicted molar refractivity (Wildman–Crippen MR) is 116 cm³/mol. The summed E-state index contributed by atoms with van der Waals surface area (Å²) in [7, 11) is 1.59. The molecule has 1 fully saturated rings. The molecular formula is C22H26N4O5. The molecule has 0 aromatic heterocycles. The second kappa shape index (κ2) is 10.5. The van der Waals surface area contributed by atoms with Crippen LogP contribution in [0.2, 0.25) is 0 Å². The van der Waals surface area contributed by atoms with Crippen molar-refractivity contribution in [2.45, 2.75) is 18.9 Å². The molecule has 2 N–H and O–H groups in total. The predicted octanol–water partition coefficient (Wildman–Crippen LogP) is 2.37. The van der Waals surface area contributed by atoms with Gasteiger partial charge in [-0.05, 0) is 37.1 Å². The summed E-state index contributed by atoms with van der Waals surface area (Å²) in [4.78, 5) is 37.4. The summed E-state index contributed by atoms with van der Waals surface area (Å²) in [6.45, 7) is 2.30. The molecule has 0 bridgehead atoms. The molecule has 1 saturated heterocycles. The summed E-state index contributed by atoms with van der Waals surface area (Å²) in [5.41, 5.74) is 1.84. The largest absolute Gasteiger partial charge is 0.383 e. The van der Waals surface area contributed by atoms with Crippen LogP contribution in [-0.2, 0) is 4.74 Å². The number of nitrogens with one attached hydrogen (secondary N) is 2. The van der Waals surface area contributed by atoms with Crippen molar-refractivity contribution in [1.82, 2.24) is 10.6 Å². The smallest absolute Gasteiger partial charge is 0.269 e. The van der Waals surface area contributed by atoms with Crippen LogP contribution in [0.25, 0.3) is 0 Å². The van der Waals surface area contributed by atoms with Crippen molar-refractivity contribution in [3.8, 4) is 0 Å². The van der Waals surface area contributed by atoms with E-state index < -0.39 is 4.92 Å². The Balaban J connectivity index is 1.57. The van der Waals surface area contributed by atoms with E-state index in [1.165, 1.54) is 24.3 Å². The van der Waals surface area contributed by atoms with Gasteiger partial charge in [-0.1, -0.05) is 12.1 Å². The number of non-ortho nitro benzene ring substituents is 1. The average Bonchev–Trinajstić information content (AvgIpc) is 2.79. The van der Waals surface area contributed by atoms with E-state index in [1.54, 1.807) is 13.2 Å². The van der Waals surface area contributed by atoms with Gasteiger partial charge in [0, 0.05) is 56.2 Å². The van der Waals surface area contributed by atoms with Crippen LogP contribution in [0.5, 0.6) is 0 Å². The number of nitrogens with zero attached hydrogens (tertiary/aromatic N) is 2. The Kier molecular flexibility index (Phi) is 7.55. The van der Waals surface area contributed by atoms with Crippen LogP contribution < -0.4 is 15.5 Å². The highest BCUT2D eigenvalue weighted by Crippen LogP contribution is 2.24. The van der Waals surface area contributed by atoms with Gasteiger partial charge in [-0.15, -0.1) is 0 Å². The van der Waals surface area contributed by atoms with Crippen molar-refractivity contribution in [3.63, 3.8) is 0 Å². The Morgan fingerprint density at radius 3 is 2.42 bits per heavy atom. The molecule has 2 aromatic carbocycles. The molecule has 1 aliphatic rings. The molecule has 0 saturated carbocycles. The number of anilines is 1. The number of hydrogen-bond acceptors (Lipinski definition) is 6. The van der Waals surface area contributed by atoms with Gasteiger partial charge in [0.25, 0.3) is 17.5 Å². The lowest BCUT2D eigenvalue weighted by atomic mass is 10.0. The van der Waals surface area contributed by atoms with Crippen molar-refractivity contribution in [1.29, 1.82) is 0 Å². The maximum absolute atomic E-state index is 12.5. The van der Waals surface area contributed by atoms with Gasteiger partial charge in [0.1, 0.15) is 0 Å². The fraction of sp³-hybridized carbons (Fsp3) is 0.364. The zero-order valence-corrected chi connectivity index (χ0v) is 17.4. The number of piperidine rings is 1. The fourth-order valence-electron chi connectivity index (χ4n) is 3.57. The minimum atomic E-state index is -0.493. The Labute approximate surface area is 180 Å². The number of methoxy groups -OCH3 is 1. The van der Waals surface area contributed by atoms with E-state index in [0.717, 1.165) is 18.5 Å². The van der Waals surface area contributed by atoms with Crippen molar-refractivity contribution in [3.05, 3.63) is 69.8 Å². The highest BCUT2D eigenvalue weighted by atomic mass is 16.6. The minimum absolute atomic E-state index is 0.00151. The van der Waals surface area contributed by atoms with Crippen LogP contribution in [0, 0.1) is 10.1 Å². The van der Waals surface area contributed by atoms with Crippen molar-refractivity contribution < 1.29 is 19.2 Å². The van der Waals surface area contributed by atoms with Gasteiger partial charge in [-0.2, -0.15) is 0 Å². The molecule has 0 unspecified atom stereocenters. The fourth-order valence-corrected chi connectivity index (χ4v) is 3.57. The highest BCUT2D eigenvalue weighted by Gasteiger charge is 2.24. The first-order valence-corrected chi connectivity index (χ1v) is 10.2. The van der Waals surface area contributed by atoms with E-state index in [-0.39, 0.29) is 23.5 Å². The molecule has 9 heteroatoms. The third-order valence-electron chi connectivity index (χ3n) is 5.25. The molecule has 0 aliphatic carbocycles. The van der Waals surface area contributed by atoms with Crippen LogP contribution in [0.15, 0.2) is 48.5 Å². The maximum atomic E-state index is 12.5. The van der Waals surface area contributed by atoms with Crippen molar-refractivity contribution in [2.24, 2.45) is 0 Å². The van der Waals surface area contributed by atoms with Crippen LogP contribution in [0.1, 0.15) is 33.6 Å². The molecule has 31 heavy (non-hydrogen) atoms. The molecule has 2 amide bonds. The topological polar surface area (TPSA) is 114 Å². The Morgan fingerprint density at radius 2 is 1.77 bits per heavy atom. The molecule has 1 heterocycles. The van der Waals surface area contributed by atoms with E-state index in [2.05, 4.69) is 15.5 Å². The second-order valence-electron chi connectivity index (χ2n) is 7.30. The van der Waals surface area contributed by atoms with Crippen LogP contribution in [0.3, 0.4) is 0 Å². The SMILES string of the molecule is COCCNC(=O)c1ccccc1N1CCC(NC(=O)c2ccc([N+](=O)[O-])cc2)CC1. The van der Waals surface area contributed by atoms with E-state index in [9.17, 15) is 19.7 Å². The Bertz CT molecular complexity index is 924. The van der Waals surface area contributed by atoms with Gasteiger partial charge in [0.2, 0.25) is 0 Å². The summed E-state index contributed by atoms with van der Waals surface area (Å²) >= 11 is 0. The first-order chi connectivity index (χ1) is 15.0. The zero-order valence-electron chi connectivity index (χ0n) is 17.4. The molecule has 0 spiro atoms. The van der Waals surface area contributed by atoms with Crippen LogP contribution in [-0.4, -0.2) is 56.1 Å². The molecule has 3 rings (SSSR count). The number of ether oxygens (including phenoxy) is 1. The number of carbonyl (C=O) groups is 2. The molecular weight excluding hydrogens is 400 g/mol. The van der Waals surface area contributed by atoms with E-state index >= 15 is 0 Å². The van der Waals surface area contributed by atoms with Gasteiger partial charge in [-0.25, -0.2) is 0 Å². The molecule has 1 aliphatic heterocycles. The summed E-state index contributed by atoms with van der Waals surface area (Å²) in [6, 6.07) is 13.1. The monoisotopic (exact) mass is 426 g/mol. The Morgan fingerprint density at radius 1 is 1.10 bits per heavy atom. The number of carbonyl (C=O) groups excluding carboxylic acids is 2. The normalized spacial score (nSPS) is 14.2. The number of rotatable bonds is 8. The van der Waals surface area contributed by atoms with E-state index in [0.29, 0.717) is 37.4 Å². The molecule has 2 aromatic rings. The molecule has 0 radical (unpaired) electrons. The second-order valence-corrected chi connectivity index (χ2v) is 7.30. The Hall–Kier alpha value is -3.46. The zero-order chi connectivity index (χ0) is 22.2. The first-order valence-electron chi connectivity index (χ1n) is 10.2. The van der Waals surface area contributed by atoms with E-state index in [1.807, 2.05) is 18.2 Å². The lowest BCUT2D eigenvalue weighted by molar-refractivity contribution is -0.384. The van der Waals surface area contributed by atoms with Gasteiger partial charge in [0.15, 0.2) is 0 Å². The quantitative estimate of drug-likeness (QED) is 0.381. The maximum Gasteiger partial charge on any atom is 0.269 e. The van der Waals surface area contributed by atoms with E-state index in [4.69, 9.17) is 4.74 Å². The standard InChI is InChI=1S/C22H26N4O5/c1-31-15-12-23-22(28)19-4-2-3-5-20(19)25-13-10-17(11-14-25)24-21(27)16-6-8-18(9-7-16)26(29)30/h2-9,17H,10-15H2,1H3,(H,23,28)(H,24,27). The first kappa shape index (κ1) is 22.2. The van der Waals surface area contributed by atoms with Gasteiger partial charge < -0.3 is 20.3 Å². The number of amides is 2. The summed E-state index contributed by atoms with van der Waals surface area (Å²) in [5.74, 6) is -0.382. The number of para-hydroxylation sites is 1. The third kappa shape index (κ3) is 5.79. The third-order valence-corrected chi connectivity index (χ3v) is 5.25. The van der Waals surface area contributed by atoms with Crippen LogP contribution >= 0.6 is 0 Å². The van der Waals surface area contributed by atoms with Crippen LogP contribution in [0.4, 0.5) is 11.4 Å². The van der Waals surface area contributed by atoms with Gasteiger partial charge in [0.05, 0.1) is 17.1 Å². The number of nitro groups is 1. The lowest BCUT2D eigenvalue weighted by Crippen LogP contribution is -2.45. The summed E-state index contributed by atoms with van der Waals surface area (Å²) in [5, 5.41) is 16.6. The molecule has 9 nitrogen and oxygen atoms in total. The number of benzene rings is 2. The molecule has 164 valence electrons. The minimum Gasteiger partial charge on any atom is -0.383 e. The highest BCUT2D eigenvalue weighted by molar-refractivity contribution is 5.99. The van der Waals surface area contributed by atoms with Crippen molar-refractivity contribution in [2.75, 3.05) is 38.3 Å².